The number of thioether (sulfide) groups is 1. The molecule has 0 fully saturated rings. The van der Waals surface area contributed by atoms with Gasteiger partial charge in [0.15, 0.2) is 0 Å². The van der Waals surface area contributed by atoms with Gasteiger partial charge in [0.1, 0.15) is 0 Å². The second-order valence-corrected chi connectivity index (χ2v) is 12.4. The van der Waals surface area contributed by atoms with Crippen molar-refractivity contribution in [1.29, 1.82) is 0 Å². The molecule has 0 aromatic heterocycles. The molecule has 0 N–H and O–H groups in total. The SMILES string of the molecule is [2H]c1c([2H])c([2H])c(/C=C/C2=C(C=C)Sc3ccc(-c4cccc(-c5ccc6ccc7cccc8ccc5c6c78)c4)c4cccc2c34)c([2H])c1[2H]. The molecule has 0 spiro atoms. The van der Waals surface area contributed by atoms with Crippen LogP contribution in [0.3, 0.4) is 0 Å². The smallest absolute Gasteiger partial charge is 0.0629 e. The highest BCUT2D eigenvalue weighted by molar-refractivity contribution is 8.03. The molecule has 8 aromatic carbocycles. The first kappa shape index (κ1) is 21.4. The topological polar surface area (TPSA) is 0 Å². The van der Waals surface area contributed by atoms with Crippen LogP contribution in [-0.4, -0.2) is 0 Å². The Kier molecular flexibility index (Phi) is 4.92. The van der Waals surface area contributed by atoms with Gasteiger partial charge in [-0.15, -0.1) is 0 Å². The van der Waals surface area contributed by atoms with Gasteiger partial charge in [0, 0.05) is 15.2 Å². The highest BCUT2D eigenvalue weighted by atomic mass is 32.2. The maximum atomic E-state index is 8.42. The molecule has 45 heavy (non-hydrogen) atoms. The van der Waals surface area contributed by atoms with Crippen molar-refractivity contribution < 1.29 is 6.85 Å². The van der Waals surface area contributed by atoms with Crippen molar-refractivity contribution in [2.24, 2.45) is 0 Å². The average molecular weight is 594 g/mol. The largest absolute Gasteiger partial charge is 0.0979 e. The number of allylic oxidation sites excluding steroid dienone is 3. The summed E-state index contributed by atoms with van der Waals surface area (Å²) in [5, 5.41) is 9.85. The summed E-state index contributed by atoms with van der Waals surface area (Å²) >= 11 is 1.63. The lowest BCUT2D eigenvalue weighted by Gasteiger charge is -2.22. The van der Waals surface area contributed by atoms with E-state index in [0.717, 1.165) is 48.4 Å². The first-order chi connectivity index (χ1) is 24.3. The van der Waals surface area contributed by atoms with Crippen molar-refractivity contribution >= 4 is 66.5 Å². The molecule has 210 valence electrons. The van der Waals surface area contributed by atoms with Crippen LogP contribution in [0.5, 0.6) is 0 Å². The Morgan fingerprint density at radius 3 is 1.98 bits per heavy atom. The predicted octanol–water partition coefficient (Wildman–Crippen LogP) is 12.8. The Morgan fingerprint density at radius 2 is 1.20 bits per heavy atom. The Bertz CT molecular complexity index is 2770. The number of rotatable bonds is 5. The van der Waals surface area contributed by atoms with Crippen molar-refractivity contribution in [3.8, 4) is 22.3 Å². The van der Waals surface area contributed by atoms with Gasteiger partial charge in [0.05, 0.1) is 6.85 Å². The van der Waals surface area contributed by atoms with E-state index in [-0.39, 0.29) is 29.7 Å². The monoisotopic (exact) mass is 593 g/mol. The molecule has 0 radical (unpaired) electrons. The van der Waals surface area contributed by atoms with Crippen LogP contribution >= 0.6 is 11.8 Å². The van der Waals surface area contributed by atoms with E-state index in [2.05, 4.69) is 116 Å². The zero-order valence-corrected chi connectivity index (χ0v) is 25.1. The standard InChI is InChI=1S/C44H28S/c1-2-40-36(22-17-28-9-4-3-5-10-28)38-16-8-15-37-35(25-26-41(45-40)44(37)38)33-14-7-13-32(27-33)34-23-20-31-19-18-29-11-6-12-30-21-24-39(34)43(31)42(29)30/h2-27H,1H2/b22-17+/i3D,4D,5D,9D,10D. The van der Waals surface area contributed by atoms with Gasteiger partial charge >= 0.3 is 0 Å². The number of hydrogen-bond acceptors (Lipinski definition) is 1. The first-order valence-electron chi connectivity index (χ1n) is 17.5. The van der Waals surface area contributed by atoms with Gasteiger partial charge in [0.2, 0.25) is 0 Å². The van der Waals surface area contributed by atoms with E-state index in [0.29, 0.717) is 0 Å². The van der Waals surface area contributed by atoms with Gasteiger partial charge in [-0.1, -0.05) is 164 Å². The molecule has 0 nitrogen and oxygen atoms in total. The molecule has 1 aliphatic rings. The zero-order valence-electron chi connectivity index (χ0n) is 29.2. The normalized spacial score (nSPS) is 14.7. The molecule has 1 heterocycles. The average Bonchev–Trinajstić information content (AvgIpc) is 3.16. The predicted molar refractivity (Wildman–Crippen MR) is 197 cm³/mol. The minimum Gasteiger partial charge on any atom is -0.0979 e. The molecule has 0 unspecified atom stereocenters. The second kappa shape index (κ2) is 10.4. The fraction of sp³-hybridized carbons (Fsp3) is 0. The van der Waals surface area contributed by atoms with Gasteiger partial charge in [-0.3, -0.25) is 0 Å². The molecule has 8 aromatic rings. The lowest BCUT2D eigenvalue weighted by atomic mass is 9.88. The number of benzene rings is 8. The summed E-state index contributed by atoms with van der Waals surface area (Å²) in [6.07, 6.45) is 5.31. The minimum atomic E-state index is -0.397. The van der Waals surface area contributed by atoms with E-state index >= 15 is 0 Å². The highest BCUT2D eigenvalue weighted by Gasteiger charge is 2.21. The third-order valence-corrected chi connectivity index (χ3v) is 10.1. The van der Waals surface area contributed by atoms with Crippen molar-refractivity contribution in [3.63, 3.8) is 0 Å². The van der Waals surface area contributed by atoms with E-state index < -0.39 is 6.04 Å². The van der Waals surface area contributed by atoms with E-state index in [9.17, 15) is 0 Å². The summed E-state index contributed by atoms with van der Waals surface area (Å²) < 4.78 is 41.0. The van der Waals surface area contributed by atoms with Gasteiger partial charge in [-0.2, -0.15) is 0 Å². The van der Waals surface area contributed by atoms with Crippen LogP contribution in [0.15, 0.2) is 168 Å². The van der Waals surface area contributed by atoms with E-state index in [1.165, 1.54) is 37.9 Å². The fourth-order valence-electron chi connectivity index (χ4n) is 6.92. The molecule has 0 aliphatic carbocycles. The van der Waals surface area contributed by atoms with Crippen LogP contribution in [0.2, 0.25) is 0 Å². The molecular weight excluding hydrogens is 561 g/mol. The minimum absolute atomic E-state index is 0.159. The van der Waals surface area contributed by atoms with Gasteiger partial charge in [-0.05, 0) is 88.8 Å². The summed E-state index contributed by atoms with van der Waals surface area (Å²) in [4.78, 5) is 2.06. The van der Waals surface area contributed by atoms with E-state index in [1.54, 1.807) is 17.8 Å². The molecular formula is C44H28S. The maximum Gasteiger partial charge on any atom is 0.0629 e. The Balaban J connectivity index is 1.18. The van der Waals surface area contributed by atoms with Crippen LogP contribution < -0.4 is 0 Å². The van der Waals surface area contributed by atoms with Gasteiger partial charge < -0.3 is 0 Å². The van der Waals surface area contributed by atoms with Crippen molar-refractivity contribution in [2.45, 2.75) is 4.90 Å². The lowest BCUT2D eigenvalue weighted by Crippen LogP contribution is -1.96. The van der Waals surface area contributed by atoms with Crippen LogP contribution in [0.1, 0.15) is 18.0 Å². The second-order valence-electron chi connectivity index (χ2n) is 11.3. The maximum absolute atomic E-state index is 8.42. The molecule has 0 saturated carbocycles. The number of hydrogen-bond donors (Lipinski definition) is 0. The molecule has 0 atom stereocenters. The Hall–Kier alpha value is -5.37. The summed E-state index contributed by atoms with van der Waals surface area (Å²) in [7, 11) is 0. The molecule has 0 amide bonds. The van der Waals surface area contributed by atoms with Crippen molar-refractivity contribution in [1.82, 2.24) is 0 Å². The summed E-state index contributed by atoms with van der Waals surface area (Å²) in [6.45, 7) is 4.08. The Labute approximate surface area is 274 Å². The van der Waals surface area contributed by atoms with Crippen LogP contribution in [0.25, 0.3) is 77.0 Å². The Morgan fingerprint density at radius 1 is 0.556 bits per heavy atom. The molecule has 1 aliphatic heterocycles. The third-order valence-electron chi connectivity index (χ3n) is 8.91. The van der Waals surface area contributed by atoms with Crippen molar-refractivity contribution in [2.75, 3.05) is 0 Å². The van der Waals surface area contributed by atoms with Crippen molar-refractivity contribution in [3.05, 3.63) is 174 Å². The van der Waals surface area contributed by atoms with Crippen LogP contribution in [-0.2, 0) is 0 Å². The van der Waals surface area contributed by atoms with E-state index in [4.69, 9.17) is 6.85 Å². The quantitative estimate of drug-likeness (QED) is 0.179. The van der Waals surface area contributed by atoms with Gasteiger partial charge in [-0.25, -0.2) is 0 Å². The molecule has 0 bridgehead atoms. The van der Waals surface area contributed by atoms with Crippen LogP contribution in [0.4, 0.5) is 0 Å². The molecule has 9 rings (SSSR count). The highest BCUT2D eigenvalue weighted by Crippen LogP contribution is 2.48. The first-order valence-corrected chi connectivity index (χ1v) is 15.8. The fourth-order valence-corrected chi connectivity index (χ4v) is 7.98. The summed E-state index contributed by atoms with van der Waals surface area (Å²) in [5.41, 5.74) is 6.68. The van der Waals surface area contributed by atoms with Crippen LogP contribution in [0, 0.1) is 0 Å². The third kappa shape index (κ3) is 4.16. The van der Waals surface area contributed by atoms with Gasteiger partial charge in [0.25, 0.3) is 0 Å². The lowest BCUT2D eigenvalue weighted by molar-refractivity contribution is 1.50. The van der Waals surface area contributed by atoms with E-state index in [1.807, 2.05) is 12.2 Å². The molecule has 1 heteroatoms. The summed E-state index contributed by atoms with van der Waals surface area (Å²) in [6, 6.07) is 37.8. The zero-order chi connectivity index (χ0) is 34.3. The summed E-state index contributed by atoms with van der Waals surface area (Å²) in [5.74, 6) is 0. The molecule has 0 saturated heterocycles.